The number of nitrogen functional groups attached to an aromatic ring is 1. The Morgan fingerprint density at radius 1 is 1.41 bits per heavy atom. The van der Waals surface area contributed by atoms with Crippen molar-refractivity contribution in [3.05, 3.63) is 22.8 Å². The third kappa shape index (κ3) is 1.73. The molecule has 0 bridgehead atoms. The van der Waals surface area contributed by atoms with Crippen LogP contribution in [0.1, 0.15) is 55.2 Å². The van der Waals surface area contributed by atoms with Gasteiger partial charge >= 0.3 is 0 Å². The first-order valence-electron chi connectivity index (χ1n) is 6.27. The van der Waals surface area contributed by atoms with Gasteiger partial charge in [0, 0.05) is 0 Å². The maximum absolute atomic E-state index is 5.86. The first kappa shape index (κ1) is 11.0. The van der Waals surface area contributed by atoms with E-state index in [1.165, 1.54) is 28.7 Å². The molecule has 0 aliphatic heterocycles. The number of aromatic nitrogens is 1. The summed E-state index contributed by atoms with van der Waals surface area (Å²) in [6.07, 6.45) is 2.70. The van der Waals surface area contributed by atoms with E-state index in [1.807, 2.05) is 0 Å². The quantitative estimate of drug-likeness (QED) is 0.863. The Hall–Kier alpha value is -1.09. The van der Waals surface area contributed by atoms with E-state index in [1.54, 1.807) is 16.9 Å². The van der Waals surface area contributed by atoms with Gasteiger partial charge < -0.3 is 5.73 Å². The monoisotopic (exact) mass is 246 g/mol. The predicted molar refractivity (Wildman–Crippen MR) is 74.8 cm³/mol. The second-order valence-electron chi connectivity index (χ2n) is 5.35. The standard InChI is InChI=1S/C14H18N2S/c1-7(2)11-12(9-4-5-9)8(3)6-10-13(11)17-14(15)16-10/h6-7,9H,4-5H2,1-3H3,(H2,15,16). The summed E-state index contributed by atoms with van der Waals surface area (Å²) in [7, 11) is 0. The number of benzene rings is 1. The summed E-state index contributed by atoms with van der Waals surface area (Å²) < 4.78 is 1.31. The minimum Gasteiger partial charge on any atom is -0.375 e. The van der Waals surface area contributed by atoms with Crippen molar-refractivity contribution in [1.82, 2.24) is 4.98 Å². The first-order chi connectivity index (χ1) is 8.08. The third-order valence-electron chi connectivity index (χ3n) is 3.55. The number of hydrogen-bond donors (Lipinski definition) is 1. The molecule has 1 aliphatic carbocycles. The van der Waals surface area contributed by atoms with Gasteiger partial charge in [0.05, 0.1) is 10.2 Å². The van der Waals surface area contributed by atoms with Gasteiger partial charge in [0.1, 0.15) is 0 Å². The van der Waals surface area contributed by atoms with E-state index in [4.69, 9.17) is 5.73 Å². The van der Waals surface area contributed by atoms with Gasteiger partial charge in [-0.15, -0.1) is 0 Å². The van der Waals surface area contributed by atoms with Gasteiger partial charge in [-0.05, 0) is 54.4 Å². The van der Waals surface area contributed by atoms with Crippen LogP contribution in [0.25, 0.3) is 10.2 Å². The molecule has 0 saturated heterocycles. The van der Waals surface area contributed by atoms with Crippen LogP contribution in [0.3, 0.4) is 0 Å². The summed E-state index contributed by atoms with van der Waals surface area (Å²) in [5.74, 6) is 1.34. The molecule has 1 fully saturated rings. The van der Waals surface area contributed by atoms with Gasteiger partial charge in [0.15, 0.2) is 5.13 Å². The molecule has 2 nitrogen and oxygen atoms in total. The molecule has 1 saturated carbocycles. The summed E-state index contributed by atoms with van der Waals surface area (Å²) >= 11 is 1.64. The number of anilines is 1. The molecule has 1 heterocycles. The van der Waals surface area contributed by atoms with E-state index >= 15 is 0 Å². The van der Waals surface area contributed by atoms with E-state index in [0.717, 1.165) is 11.4 Å². The molecule has 2 aromatic rings. The van der Waals surface area contributed by atoms with Crippen molar-refractivity contribution < 1.29 is 0 Å². The van der Waals surface area contributed by atoms with Gasteiger partial charge in [-0.2, -0.15) is 0 Å². The van der Waals surface area contributed by atoms with Crippen LogP contribution >= 0.6 is 11.3 Å². The number of aryl methyl sites for hydroxylation is 1. The second-order valence-corrected chi connectivity index (χ2v) is 6.38. The van der Waals surface area contributed by atoms with Crippen LogP contribution in [0.15, 0.2) is 6.07 Å². The molecule has 3 heteroatoms. The summed E-state index contributed by atoms with van der Waals surface area (Å²) in [5.41, 5.74) is 11.4. The Labute approximate surface area is 106 Å². The molecule has 1 aliphatic rings. The zero-order valence-corrected chi connectivity index (χ0v) is 11.4. The molecule has 0 amide bonds. The zero-order chi connectivity index (χ0) is 12.2. The van der Waals surface area contributed by atoms with E-state index in [2.05, 4.69) is 31.8 Å². The number of rotatable bonds is 2. The molecule has 0 atom stereocenters. The van der Waals surface area contributed by atoms with Crippen molar-refractivity contribution in [3.8, 4) is 0 Å². The molecule has 90 valence electrons. The van der Waals surface area contributed by atoms with Crippen molar-refractivity contribution in [2.75, 3.05) is 5.73 Å². The minimum absolute atomic E-state index is 0.549. The van der Waals surface area contributed by atoms with Crippen LogP contribution in [0.5, 0.6) is 0 Å². The smallest absolute Gasteiger partial charge is 0.181 e. The van der Waals surface area contributed by atoms with E-state index < -0.39 is 0 Å². The van der Waals surface area contributed by atoms with Gasteiger partial charge in [0.25, 0.3) is 0 Å². The molecule has 0 unspecified atom stereocenters. The maximum Gasteiger partial charge on any atom is 0.181 e. The lowest BCUT2D eigenvalue weighted by molar-refractivity contribution is 0.849. The van der Waals surface area contributed by atoms with Crippen molar-refractivity contribution in [2.45, 2.75) is 45.4 Å². The van der Waals surface area contributed by atoms with Crippen molar-refractivity contribution in [1.29, 1.82) is 0 Å². The average Bonchev–Trinajstić information content (AvgIpc) is 2.99. The lowest BCUT2D eigenvalue weighted by Crippen LogP contribution is -1.98. The molecule has 1 aromatic carbocycles. The Balaban J connectivity index is 2.36. The Kier molecular flexibility index (Phi) is 2.40. The topological polar surface area (TPSA) is 38.9 Å². The first-order valence-corrected chi connectivity index (χ1v) is 7.09. The molecule has 17 heavy (non-hydrogen) atoms. The molecule has 0 spiro atoms. The summed E-state index contributed by atoms with van der Waals surface area (Å²) in [5, 5.41) is 0.689. The van der Waals surface area contributed by atoms with Crippen LogP contribution in [0.2, 0.25) is 0 Å². The molecular weight excluding hydrogens is 228 g/mol. The molecule has 2 N–H and O–H groups in total. The summed E-state index contributed by atoms with van der Waals surface area (Å²) in [6.45, 7) is 6.76. The highest BCUT2D eigenvalue weighted by Crippen LogP contribution is 2.48. The van der Waals surface area contributed by atoms with Gasteiger partial charge in [-0.1, -0.05) is 25.2 Å². The number of nitrogens with zero attached hydrogens (tertiary/aromatic N) is 1. The van der Waals surface area contributed by atoms with Crippen molar-refractivity contribution in [2.24, 2.45) is 0 Å². The van der Waals surface area contributed by atoms with Crippen molar-refractivity contribution >= 4 is 26.7 Å². The fourth-order valence-electron chi connectivity index (χ4n) is 2.74. The third-order valence-corrected chi connectivity index (χ3v) is 4.48. The van der Waals surface area contributed by atoms with Crippen LogP contribution < -0.4 is 5.73 Å². The van der Waals surface area contributed by atoms with Crippen LogP contribution in [0, 0.1) is 6.92 Å². The molecule has 3 rings (SSSR count). The Morgan fingerprint density at radius 2 is 2.12 bits per heavy atom. The van der Waals surface area contributed by atoms with Gasteiger partial charge in [0.2, 0.25) is 0 Å². The number of thiazole rings is 1. The van der Waals surface area contributed by atoms with Gasteiger partial charge in [-0.25, -0.2) is 4.98 Å². The normalized spacial score (nSPS) is 16.0. The van der Waals surface area contributed by atoms with Crippen LogP contribution in [0.4, 0.5) is 5.13 Å². The lowest BCUT2D eigenvalue weighted by Gasteiger charge is -2.16. The highest BCUT2D eigenvalue weighted by atomic mass is 32.1. The zero-order valence-electron chi connectivity index (χ0n) is 10.6. The molecule has 0 radical (unpaired) electrons. The van der Waals surface area contributed by atoms with E-state index in [9.17, 15) is 0 Å². The fraction of sp³-hybridized carbons (Fsp3) is 0.500. The van der Waals surface area contributed by atoms with E-state index in [0.29, 0.717) is 11.0 Å². The highest BCUT2D eigenvalue weighted by Gasteiger charge is 2.30. The minimum atomic E-state index is 0.549. The Bertz CT molecular complexity index is 579. The Morgan fingerprint density at radius 3 is 2.71 bits per heavy atom. The predicted octanol–water partition coefficient (Wildman–Crippen LogP) is 4.19. The van der Waals surface area contributed by atoms with Crippen molar-refractivity contribution in [3.63, 3.8) is 0 Å². The SMILES string of the molecule is Cc1cc2nc(N)sc2c(C(C)C)c1C1CC1. The molecule has 1 aromatic heterocycles. The highest BCUT2D eigenvalue weighted by molar-refractivity contribution is 7.22. The second kappa shape index (κ2) is 3.70. The largest absolute Gasteiger partial charge is 0.375 e. The maximum atomic E-state index is 5.86. The fourth-order valence-corrected chi connectivity index (χ4v) is 3.76. The number of fused-ring (bicyclic) bond motifs is 1. The number of hydrogen-bond acceptors (Lipinski definition) is 3. The molecular formula is C14H18N2S. The van der Waals surface area contributed by atoms with Gasteiger partial charge in [-0.3, -0.25) is 0 Å². The number of nitrogens with two attached hydrogens (primary N) is 1. The van der Waals surface area contributed by atoms with Crippen LogP contribution in [-0.2, 0) is 0 Å². The average molecular weight is 246 g/mol. The summed E-state index contributed by atoms with van der Waals surface area (Å²) in [4.78, 5) is 4.43. The summed E-state index contributed by atoms with van der Waals surface area (Å²) in [6, 6.07) is 2.21. The van der Waals surface area contributed by atoms with Crippen LogP contribution in [-0.4, -0.2) is 4.98 Å². The van der Waals surface area contributed by atoms with E-state index in [-0.39, 0.29) is 0 Å². The lowest BCUT2D eigenvalue weighted by atomic mass is 9.90.